The Bertz CT molecular complexity index is 1120. The summed E-state index contributed by atoms with van der Waals surface area (Å²) in [6.07, 6.45) is 1.86. The Morgan fingerprint density at radius 2 is 1.48 bits per heavy atom. The largest absolute Gasteiger partial charge is 0.490 e. The third kappa shape index (κ3) is 4.36. The van der Waals surface area contributed by atoms with E-state index in [4.69, 9.17) is 9.47 Å². The number of hydrogen-bond acceptors (Lipinski definition) is 4. The van der Waals surface area contributed by atoms with Crippen LogP contribution in [0.1, 0.15) is 25.0 Å². The van der Waals surface area contributed by atoms with Crippen LogP contribution in [-0.2, 0) is 4.79 Å². The number of ether oxygens (including phenoxy) is 2. The van der Waals surface area contributed by atoms with E-state index in [0.717, 1.165) is 16.8 Å². The molecule has 1 amide bonds. The van der Waals surface area contributed by atoms with Crippen molar-refractivity contribution < 1.29 is 14.3 Å². The number of hydrogen-bond donors (Lipinski definition) is 0. The molecule has 5 nitrogen and oxygen atoms in total. The molecule has 31 heavy (non-hydrogen) atoms. The maximum absolute atomic E-state index is 13.4. The van der Waals surface area contributed by atoms with Crippen molar-refractivity contribution in [1.29, 1.82) is 0 Å². The zero-order chi connectivity index (χ0) is 21.6. The lowest BCUT2D eigenvalue weighted by atomic mass is 10.00. The average Bonchev–Trinajstić information content (AvgIpc) is 3.13. The lowest BCUT2D eigenvalue weighted by molar-refractivity contribution is -0.114. The SMILES string of the molecule is CCOc1ccc(/C=C2\C(=O)N(c3ccccc3)N=C2c2ccccc2)cc1OCC. The minimum atomic E-state index is -0.170. The van der Waals surface area contributed by atoms with Gasteiger partial charge >= 0.3 is 0 Å². The van der Waals surface area contributed by atoms with E-state index in [1.54, 1.807) is 0 Å². The molecule has 0 spiro atoms. The van der Waals surface area contributed by atoms with Gasteiger partial charge in [0.25, 0.3) is 5.91 Å². The average molecular weight is 412 g/mol. The van der Waals surface area contributed by atoms with Crippen LogP contribution in [0.5, 0.6) is 11.5 Å². The molecule has 3 aromatic rings. The first kappa shape index (κ1) is 20.4. The third-order valence-corrected chi connectivity index (χ3v) is 4.80. The summed E-state index contributed by atoms with van der Waals surface area (Å²) in [5, 5.41) is 6.12. The Hall–Kier alpha value is -3.86. The maximum atomic E-state index is 13.4. The van der Waals surface area contributed by atoms with Crippen LogP contribution in [-0.4, -0.2) is 24.8 Å². The predicted octanol–water partition coefficient (Wildman–Crippen LogP) is 5.32. The van der Waals surface area contributed by atoms with Gasteiger partial charge in [0.15, 0.2) is 11.5 Å². The van der Waals surface area contributed by atoms with Gasteiger partial charge in [-0.3, -0.25) is 4.79 Å². The quantitative estimate of drug-likeness (QED) is 0.494. The van der Waals surface area contributed by atoms with Crippen molar-refractivity contribution in [3.8, 4) is 11.5 Å². The number of carbonyl (C=O) groups excluding carboxylic acids is 1. The molecule has 5 heteroatoms. The maximum Gasteiger partial charge on any atom is 0.281 e. The van der Waals surface area contributed by atoms with Gasteiger partial charge in [-0.2, -0.15) is 10.1 Å². The van der Waals surface area contributed by atoms with Crippen molar-refractivity contribution in [3.63, 3.8) is 0 Å². The third-order valence-electron chi connectivity index (χ3n) is 4.80. The van der Waals surface area contributed by atoms with E-state index in [2.05, 4.69) is 5.10 Å². The molecule has 0 radical (unpaired) electrons. The van der Waals surface area contributed by atoms with Crippen molar-refractivity contribution in [2.24, 2.45) is 5.10 Å². The topological polar surface area (TPSA) is 51.1 Å². The summed E-state index contributed by atoms with van der Waals surface area (Å²) in [6.45, 7) is 4.94. The molecule has 0 aliphatic carbocycles. The molecule has 1 aliphatic heterocycles. The summed E-state index contributed by atoms with van der Waals surface area (Å²) in [5.74, 6) is 1.17. The van der Waals surface area contributed by atoms with Gasteiger partial charge in [-0.25, -0.2) is 0 Å². The second-order valence-corrected chi connectivity index (χ2v) is 6.90. The Labute approximate surface area is 182 Å². The fraction of sp³-hybridized carbons (Fsp3) is 0.154. The lowest BCUT2D eigenvalue weighted by Gasteiger charge is -2.12. The summed E-state index contributed by atoms with van der Waals surface area (Å²) in [7, 11) is 0. The van der Waals surface area contributed by atoms with Crippen LogP contribution in [0.3, 0.4) is 0 Å². The fourth-order valence-electron chi connectivity index (χ4n) is 3.42. The molecule has 0 unspecified atom stereocenters. The molecule has 0 bridgehead atoms. The van der Waals surface area contributed by atoms with Crippen LogP contribution in [0.15, 0.2) is 89.5 Å². The van der Waals surface area contributed by atoms with E-state index in [1.807, 2.05) is 98.8 Å². The normalized spacial score (nSPS) is 14.6. The lowest BCUT2D eigenvalue weighted by Crippen LogP contribution is -2.21. The Morgan fingerprint density at radius 1 is 0.839 bits per heavy atom. The first-order chi connectivity index (χ1) is 15.2. The first-order valence-electron chi connectivity index (χ1n) is 10.4. The van der Waals surface area contributed by atoms with Crippen LogP contribution in [0.2, 0.25) is 0 Å². The van der Waals surface area contributed by atoms with E-state index in [0.29, 0.717) is 36.0 Å². The molecule has 4 rings (SSSR count). The number of benzene rings is 3. The smallest absolute Gasteiger partial charge is 0.281 e. The predicted molar refractivity (Wildman–Crippen MR) is 124 cm³/mol. The Balaban J connectivity index is 1.78. The Morgan fingerprint density at radius 3 is 2.16 bits per heavy atom. The van der Waals surface area contributed by atoms with E-state index in [9.17, 15) is 4.79 Å². The van der Waals surface area contributed by atoms with Gasteiger partial charge in [-0.15, -0.1) is 0 Å². The molecular weight excluding hydrogens is 388 g/mol. The van der Waals surface area contributed by atoms with Gasteiger partial charge in [-0.05, 0) is 49.8 Å². The molecule has 156 valence electrons. The second kappa shape index (κ2) is 9.30. The molecular formula is C26H24N2O3. The van der Waals surface area contributed by atoms with Crippen molar-refractivity contribution >= 4 is 23.4 Å². The Kier molecular flexibility index (Phi) is 6.13. The van der Waals surface area contributed by atoms with Crippen LogP contribution in [0.4, 0.5) is 5.69 Å². The van der Waals surface area contributed by atoms with E-state index in [1.165, 1.54) is 5.01 Å². The second-order valence-electron chi connectivity index (χ2n) is 6.90. The van der Waals surface area contributed by atoms with Gasteiger partial charge in [0.05, 0.1) is 24.5 Å². The van der Waals surface area contributed by atoms with E-state index >= 15 is 0 Å². The zero-order valence-electron chi connectivity index (χ0n) is 17.6. The number of carbonyl (C=O) groups is 1. The first-order valence-corrected chi connectivity index (χ1v) is 10.4. The molecule has 1 aliphatic rings. The number of amides is 1. The highest BCUT2D eigenvalue weighted by Gasteiger charge is 2.32. The highest BCUT2D eigenvalue weighted by atomic mass is 16.5. The minimum absolute atomic E-state index is 0.170. The van der Waals surface area contributed by atoms with Crippen LogP contribution < -0.4 is 14.5 Å². The summed E-state index contributed by atoms with van der Waals surface area (Å²) in [5.41, 5.74) is 3.62. The number of para-hydroxylation sites is 1. The highest BCUT2D eigenvalue weighted by Crippen LogP contribution is 2.32. The number of anilines is 1. The molecule has 0 N–H and O–H groups in total. The van der Waals surface area contributed by atoms with Crippen molar-refractivity contribution in [2.75, 3.05) is 18.2 Å². The minimum Gasteiger partial charge on any atom is -0.490 e. The summed E-state index contributed by atoms with van der Waals surface area (Å²) in [6, 6.07) is 24.9. The van der Waals surface area contributed by atoms with Crippen LogP contribution in [0.25, 0.3) is 6.08 Å². The van der Waals surface area contributed by atoms with Crippen molar-refractivity contribution in [1.82, 2.24) is 0 Å². The molecule has 0 saturated heterocycles. The summed E-state index contributed by atoms with van der Waals surface area (Å²) in [4.78, 5) is 13.4. The highest BCUT2D eigenvalue weighted by molar-refractivity contribution is 6.37. The van der Waals surface area contributed by atoms with Crippen molar-refractivity contribution in [3.05, 3.63) is 95.6 Å². The van der Waals surface area contributed by atoms with Gasteiger partial charge in [0, 0.05) is 5.56 Å². The molecule has 0 atom stereocenters. The number of nitrogens with zero attached hydrogens (tertiary/aromatic N) is 2. The van der Waals surface area contributed by atoms with E-state index in [-0.39, 0.29) is 5.91 Å². The van der Waals surface area contributed by atoms with Gasteiger partial charge in [0.1, 0.15) is 5.71 Å². The van der Waals surface area contributed by atoms with Gasteiger partial charge in [-0.1, -0.05) is 54.6 Å². The number of hydrazone groups is 1. The summed E-state index contributed by atoms with van der Waals surface area (Å²) < 4.78 is 11.4. The zero-order valence-corrected chi connectivity index (χ0v) is 17.6. The summed E-state index contributed by atoms with van der Waals surface area (Å²) >= 11 is 0. The molecule has 0 saturated carbocycles. The molecule has 1 heterocycles. The standard InChI is InChI=1S/C26H24N2O3/c1-3-30-23-16-15-19(18-24(23)31-4-2)17-22-25(20-11-7-5-8-12-20)27-28(26(22)29)21-13-9-6-10-14-21/h5-18H,3-4H2,1-2H3/b22-17-. The van der Waals surface area contributed by atoms with Crippen LogP contribution in [0, 0.1) is 0 Å². The van der Waals surface area contributed by atoms with Crippen molar-refractivity contribution in [2.45, 2.75) is 13.8 Å². The van der Waals surface area contributed by atoms with E-state index < -0.39 is 0 Å². The molecule has 0 aromatic heterocycles. The molecule has 3 aromatic carbocycles. The van der Waals surface area contributed by atoms with Gasteiger partial charge < -0.3 is 9.47 Å². The molecule has 0 fully saturated rings. The monoisotopic (exact) mass is 412 g/mol. The fourth-order valence-corrected chi connectivity index (χ4v) is 3.42. The van der Waals surface area contributed by atoms with Crippen LogP contribution >= 0.6 is 0 Å². The van der Waals surface area contributed by atoms with Gasteiger partial charge in [0.2, 0.25) is 0 Å². The number of rotatable bonds is 7.